The summed E-state index contributed by atoms with van der Waals surface area (Å²) in [6.07, 6.45) is 1.29. The summed E-state index contributed by atoms with van der Waals surface area (Å²) in [7, 11) is 0. The number of hydrogen-bond acceptors (Lipinski definition) is 2. The molecule has 0 aliphatic heterocycles. The molecule has 0 saturated carbocycles. The van der Waals surface area contributed by atoms with E-state index in [0.29, 0.717) is 6.42 Å². The van der Waals surface area contributed by atoms with Gasteiger partial charge in [-0.05, 0) is 11.8 Å². The van der Waals surface area contributed by atoms with E-state index in [4.69, 9.17) is 0 Å². The number of carbonyl (C=O) groups excluding carboxylic acids is 2. The molecule has 0 bridgehead atoms. The van der Waals surface area contributed by atoms with Gasteiger partial charge in [0, 0.05) is 23.2 Å². The van der Waals surface area contributed by atoms with Crippen molar-refractivity contribution in [3.05, 3.63) is 0 Å². The molecule has 0 unspecified atom stereocenters. The van der Waals surface area contributed by atoms with Crippen molar-refractivity contribution in [3.8, 4) is 0 Å². The topological polar surface area (TPSA) is 34.1 Å². The Morgan fingerprint density at radius 1 is 0.895 bits per heavy atom. The maximum Gasteiger partial charge on any atom is 0.143 e. The molecule has 0 amide bonds. The molecular weight excluding hydrogens is 236 g/mol. The highest BCUT2D eigenvalue weighted by atomic mass is 16.1. The number of Topliss-reactive ketones (excluding diaryl/α,β-unsaturated/α-hetero) is 2. The van der Waals surface area contributed by atoms with E-state index in [-0.39, 0.29) is 33.7 Å². The summed E-state index contributed by atoms with van der Waals surface area (Å²) in [5, 5.41) is 0. The Labute approximate surface area is 119 Å². The van der Waals surface area contributed by atoms with Crippen LogP contribution in [-0.4, -0.2) is 11.6 Å². The first kappa shape index (κ1) is 18.3. The van der Waals surface area contributed by atoms with Crippen LogP contribution in [0.15, 0.2) is 0 Å². The number of hydrogen-bond donors (Lipinski definition) is 0. The molecule has 0 spiro atoms. The standard InChI is InChI=1S/C17H32O2/c1-12(2)13(18)10-16(6,7)11-17(8,9)14(19)15(3,4)5/h12H,10-11H2,1-9H3. The van der Waals surface area contributed by atoms with Crippen molar-refractivity contribution in [2.24, 2.45) is 22.2 Å². The van der Waals surface area contributed by atoms with Gasteiger partial charge >= 0.3 is 0 Å². The van der Waals surface area contributed by atoms with E-state index in [1.165, 1.54) is 0 Å². The quantitative estimate of drug-likeness (QED) is 0.702. The molecule has 112 valence electrons. The summed E-state index contributed by atoms with van der Waals surface area (Å²) in [4.78, 5) is 24.4. The van der Waals surface area contributed by atoms with Crippen molar-refractivity contribution in [1.29, 1.82) is 0 Å². The Balaban J connectivity index is 4.91. The van der Waals surface area contributed by atoms with Gasteiger partial charge in [0.25, 0.3) is 0 Å². The minimum absolute atomic E-state index is 0.0701. The highest BCUT2D eigenvalue weighted by molar-refractivity contribution is 5.89. The normalized spacial score (nSPS) is 13.8. The summed E-state index contributed by atoms with van der Waals surface area (Å²) < 4.78 is 0. The number of carbonyl (C=O) groups is 2. The molecule has 2 heteroatoms. The lowest BCUT2D eigenvalue weighted by atomic mass is 9.65. The zero-order chi connectivity index (χ0) is 15.6. The predicted molar refractivity (Wildman–Crippen MR) is 81.1 cm³/mol. The summed E-state index contributed by atoms with van der Waals surface area (Å²) in [6.45, 7) is 17.9. The smallest absolute Gasteiger partial charge is 0.143 e. The Hall–Kier alpha value is -0.660. The van der Waals surface area contributed by atoms with Crippen LogP contribution in [0.2, 0.25) is 0 Å². The molecule has 0 fully saturated rings. The van der Waals surface area contributed by atoms with Crippen molar-refractivity contribution in [3.63, 3.8) is 0 Å². The minimum Gasteiger partial charge on any atom is -0.299 e. The Bertz CT molecular complexity index is 341. The van der Waals surface area contributed by atoms with Crippen LogP contribution in [0.5, 0.6) is 0 Å². The molecule has 2 nitrogen and oxygen atoms in total. The van der Waals surface area contributed by atoms with Gasteiger partial charge in [0.1, 0.15) is 11.6 Å². The Morgan fingerprint density at radius 2 is 1.32 bits per heavy atom. The van der Waals surface area contributed by atoms with Crippen LogP contribution in [-0.2, 0) is 9.59 Å². The lowest BCUT2D eigenvalue weighted by Gasteiger charge is -2.37. The van der Waals surface area contributed by atoms with E-state index in [9.17, 15) is 9.59 Å². The highest BCUT2D eigenvalue weighted by Crippen LogP contribution is 2.41. The molecule has 0 aromatic rings. The zero-order valence-corrected chi connectivity index (χ0v) is 14.3. The van der Waals surface area contributed by atoms with Gasteiger partial charge in [0.05, 0.1) is 0 Å². The number of ketones is 2. The molecule has 0 aromatic carbocycles. The molecule has 0 radical (unpaired) electrons. The number of rotatable bonds is 6. The summed E-state index contributed by atoms with van der Waals surface area (Å²) in [5.74, 6) is 0.620. The molecule has 0 aliphatic rings. The SMILES string of the molecule is CC(C)C(=O)CC(C)(C)CC(C)(C)C(=O)C(C)(C)C. The van der Waals surface area contributed by atoms with E-state index < -0.39 is 0 Å². The lowest BCUT2D eigenvalue weighted by molar-refractivity contribution is -0.137. The van der Waals surface area contributed by atoms with Crippen molar-refractivity contribution < 1.29 is 9.59 Å². The first-order valence-corrected chi connectivity index (χ1v) is 7.27. The molecule has 0 heterocycles. The van der Waals surface area contributed by atoms with Gasteiger partial charge < -0.3 is 0 Å². The first-order valence-electron chi connectivity index (χ1n) is 7.27. The van der Waals surface area contributed by atoms with Crippen LogP contribution in [0.1, 0.15) is 75.2 Å². The molecule has 0 saturated heterocycles. The van der Waals surface area contributed by atoms with Gasteiger partial charge in [-0.2, -0.15) is 0 Å². The fraction of sp³-hybridized carbons (Fsp3) is 0.882. The average molecular weight is 268 g/mol. The summed E-state index contributed by atoms with van der Waals surface area (Å²) in [6, 6.07) is 0. The first-order chi connectivity index (χ1) is 8.19. The second kappa shape index (κ2) is 5.76. The average Bonchev–Trinajstić information content (AvgIpc) is 2.12. The van der Waals surface area contributed by atoms with Gasteiger partial charge in [-0.1, -0.05) is 62.3 Å². The maximum absolute atomic E-state index is 12.5. The van der Waals surface area contributed by atoms with Crippen LogP contribution < -0.4 is 0 Å². The monoisotopic (exact) mass is 268 g/mol. The van der Waals surface area contributed by atoms with Gasteiger partial charge in [-0.25, -0.2) is 0 Å². The highest BCUT2D eigenvalue weighted by Gasteiger charge is 2.40. The van der Waals surface area contributed by atoms with Gasteiger partial charge in [-0.3, -0.25) is 9.59 Å². The molecule has 0 aromatic heterocycles. The Morgan fingerprint density at radius 3 is 1.63 bits per heavy atom. The van der Waals surface area contributed by atoms with Gasteiger partial charge in [-0.15, -0.1) is 0 Å². The van der Waals surface area contributed by atoms with Crippen LogP contribution >= 0.6 is 0 Å². The molecule has 0 aliphatic carbocycles. The van der Waals surface area contributed by atoms with E-state index in [1.807, 2.05) is 48.5 Å². The third kappa shape index (κ3) is 5.88. The van der Waals surface area contributed by atoms with Crippen LogP contribution in [0.25, 0.3) is 0 Å². The minimum atomic E-state index is -0.390. The van der Waals surface area contributed by atoms with Crippen molar-refractivity contribution >= 4 is 11.6 Å². The van der Waals surface area contributed by atoms with Crippen LogP contribution in [0.4, 0.5) is 0 Å². The van der Waals surface area contributed by atoms with Gasteiger partial charge in [0.2, 0.25) is 0 Å². The Kier molecular flexibility index (Phi) is 5.56. The summed E-state index contributed by atoms with van der Waals surface area (Å²) in [5.41, 5.74) is -0.855. The van der Waals surface area contributed by atoms with E-state index >= 15 is 0 Å². The molecule has 0 atom stereocenters. The summed E-state index contributed by atoms with van der Waals surface area (Å²) >= 11 is 0. The largest absolute Gasteiger partial charge is 0.299 e. The van der Waals surface area contributed by atoms with E-state index in [0.717, 1.165) is 6.42 Å². The van der Waals surface area contributed by atoms with Crippen LogP contribution in [0, 0.1) is 22.2 Å². The third-order valence-corrected chi connectivity index (χ3v) is 3.51. The van der Waals surface area contributed by atoms with Gasteiger partial charge in [0.15, 0.2) is 0 Å². The second-order valence-electron chi connectivity index (χ2n) is 8.60. The van der Waals surface area contributed by atoms with E-state index in [1.54, 1.807) is 0 Å². The van der Waals surface area contributed by atoms with Crippen LogP contribution in [0.3, 0.4) is 0 Å². The zero-order valence-electron chi connectivity index (χ0n) is 14.3. The molecule has 0 rings (SSSR count). The third-order valence-electron chi connectivity index (χ3n) is 3.51. The fourth-order valence-corrected chi connectivity index (χ4v) is 3.03. The predicted octanol–water partition coefficient (Wildman–Crippen LogP) is 4.66. The second-order valence-corrected chi connectivity index (χ2v) is 8.60. The van der Waals surface area contributed by atoms with Crippen molar-refractivity contribution in [1.82, 2.24) is 0 Å². The maximum atomic E-state index is 12.5. The fourth-order valence-electron chi connectivity index (χ4n) is 3.03. The molecule has 0 N–H and O–H groups in total. The lowest BCUT2D eigenvalue weighted by Crippen LogP contribution is -2.38. The van der Waals surface area contributed by atoms with Crippen molar-refractivity contribution in [2.75, 3.05) is 0 Å². The molecular formula is C17H32O2. The van der Waals surface area contributed by atoms with Crippen molar-refractivity contribution in [2.45, 2.75) is 75.2 Å². The molecule has 19 heavy (non-hydrogen) atoms. The van der Waals surface area contributed by atoms with E-state index in [2.05, 4.69) is 13.8 Å².